The lowest BCUT2D eigenvalue weighted by Crippen LogP contribution is -2.16. The van der Waals surface area contributed by atoms with Gasteiger partial charge in [-0.1, -0.05) is 18.2 Å². The molecule has 0 amide bonds. The normalized spacial score (nSPS) is 19.4. The maximum atomic E-state index is 5.68. The summed E-state index contributed by atoms with van der Waals surface area (Å²) in [6.45, 7) is 4.88. The third-order valence-corrected chi connectivity index (χ3v) is 3.39. The second-order valence-electron chi connectivity index (χ2n) is 4.35. The lowest BCUT2D eigenvalue weighted by molar-refractivity contribution is 0.413. The van der Waals surface area contributed by atoms with Gasteiger partial charge in [0, 0.05) is 5.92 Å². The Bertz CT molecular complexity index is 398. The molecule has 2 nitrogen and oxygen atoms in total. The van der Waals surface area contributed by atoms with E-state index in [4.69, 9.17) is 10.5 Å². The summed E-state index contributed by atoms with van der Waals surface area (Å²) in [4.78, 5) is 0. The molecule has 2 heteroatoms. The number of methoxy groups -OCH3 is 1. The average Bonchev–Trinajstić information content (AvgIpc) is 2.32. The first-order chi connectivity index (χ1) is 7.76. The number of hydrogen-bond donors (Lipinski definition) is 1. The predicted molar refractivity (Wildman–Crippen MR) is 66.9 cm³/mol. The zero-order chi connectivity index (χ0) is 11.5. The zero-order valence-electron chi connectivity index (χ0n) is 9.83. The molecule has 0 aromatic heterocycles. The molecule has 86 valence electrons. The van der Waals surface area contributed by atoms with E-state index in [1.165, 1.54) is 16.7 Å². The maximum absolute atomic E-state index is 5.68. The van der Waals surface area contributed by atoms with Gasteiger partial charge in [-0.25, -0.2) is 0 Å². The van der Waals surface area contributed by atoms with Gasteiger partial charge in [0.2, 0.25) is 0 Å². The van der Waals surface area contributed by atoms with Crippen LogP contribution in [0, 0.1) is 0 Å². The minimum absolute atomic E-state index is 0.420. The molecular formula is C14H19NO. The van der Waals surface area contributed by atoms with Crippen molar-refractivity contribution in [1.82, 2.24) is 0 Å². The summed E-state index contributed by atoms with van der Waals surface area (Å²) in [5.74, 6) is 1.35. The van der Waals surface area contributed by atoms with E-state index in [9.17, 15) is 0 Å². The smallest absolute Gasteiger partial charge is 0.119 e. The molecule has 0 bridgehead atoms. The minimum atomic E-state index is 0.420. The van der Waals surface area contributed by atoms with Gasteiger partial charge in [0.05, 0.1) is 7.11 Å². The van der Waals surface area contributed by atoms with Crippen LogP contribution in [0.4, 0.5) is 0 Å². The van der Waals surface area contributed by atoms with Crippen LogP contribution in [0.15, 0.2) is 30.4 Å². The number of benzene rings is 1. The summed E-state index contributed by atoms with van der Waals surface area (Å²) < 4.78 is 5.28. The van der Waals surface area contributed by atoms with Gasteiger partial charge >= 0.3 is 0 Å². The summed E-state index contributed by atoms with van der Waals surface area (Å²) in [6.07, 6.45) is 3.17. The number of rotatable bonds is 3. The first-order valence-electron chi connectivity index (χ1n) is 5.80. The molecule has 2 N–H and O–H groups in total. The van der Waals surface area contributed by atoms with Gasteiger partial charge in [0.25, 0.3) is 0 Å². The number of allylic oxidation sites excluding steroid dienone is 1. The summed E-state index contributed by atoms with van der Waals surface area (Å²) in [6, 6.07) is 6.34. The highest BCUT2D eigenvalue weighted by Crippen LogP contribution is 2.38. The van der Waals surface area contributed by atoms with Gasteiger partial charge in [0.1, 0.15) is 5.75 Å². The van der Waals surface area contributed by atoms with Crippen molar-refractivity contribution in [1.29, 1.82) is 0 Å². The topological polar surface area (TPSA) is 35.2 Å². The highest BCUT2D eigenvalue weighted by Gasteiger charge is 2.22. The Hall–Kier alpha value is -1.28. The number of aryl methyl sites for hydroxylation is 1. The fraction of sp³-hybridized carbons (Fsp3) is 0.429. The number of ether oxygens (including phenoxy) is 1. The summed E-state index contributed by atoms with van der Waals surface area (Å²) in [5.41, 5.74) is 9.77. The Morgan fingerprint density at radius 3 is 2.94 bits per heavy atom. The van der Waals surface area contributed by atoms with E-state index < -0.39 is 0 Å². The SMILES string of the molecule is C=C1CCc2ccc(OC)cc2C1CCN. The van der Waals surface area contributed by atoms with Crippen molar-refractivity contribution in [2.45, 2.75) is 25.2 Å². The lowest BCUT2D eigenvalue weighted by Gasteiger charge is -2.28. The molecule has 0 saturated carbocycles. The van der Waals surface area contributed by atoms with Gasteiger partial charge in [-0.2, -0.15) is 0 Å². The molecule has 1 unspecified atom stereocenters. The fourth-order valence-electron chi connectivity index (χ4n) is 2.47. The minimum Gasteiger partial charge on any atom is -0.497 e. The molecule has 0 spiro atoms. The second-order valence-corrected chi connectivity index (χ2v) is 4.35. The van der Waals surface area contributed by atoms with E-state index >= 15 is 0 Å². The molecule has 1 aromatic rings. The van der Waals surface area contributed by atoms with Crippen molar-refractivity contribution >= 4 is 0 Å². The van der Waals surface area contributed by atoms with Gasteiger partial charge in [-0.3, -0.25) is 0 Å². The lowest BCUT2D eigenvalue weighted by atomic mass is 9.78. The monoisotopic (exact) mass is 217 g/mol. The number of hydrogen-bond acceptors (Lipinski definition) is 2. The Kier molecular flexibility index (Phi) is 3.30. The Labute approximate surface area is 97.1 Å². The van der Waals surface area contributed by atoms with Crippen LogP contribution in [-0.2, 0) is 6.42 Å². The molecule has 2 rings (SSSR count). The Balaban J connectivity index is 2.39. The Morgan fingerprint density at radius 2 is 2.25 bits per heavy atom. The van der Waals surface area contributed by atoms with Crippen LogP contribution in [-0.4, -0.2) is 13.7 Å². The van der Waals surface area contributed by atoms with E-state index in [0.717, 1.165) is 25.0 Å². The molecule has 0 saturated heterocycles. The summed E-state index contributed by atoms with van der Waals surface area (Å²) in [7, 11) is 1.71. The maximum Gasteiger partial charge on any atom is 0.119 e. The van der Waals surface area contributed by atoms with Crippen molar-refractivity contribution in [3.63, 3.8) is 0 Å². The van der Waals surface area contributed by atoms with Crippen molar-refractivity contribution in [2.24, 2.45) is 5.73 Å². The largest absolute Gasteiger partial charge is 0.497 e. The molecule has 0 fully saturated rings. The van der Waals surface area contributed by atoms with Gasteiger partial charge in [0.15, 0.2) is 0 Å². The van der Waals surface area contributed by atoms with Crippen LogP contribution >= 0.6 is 0 Å². The van der Waals surface area contributed by atoms with Crippen LogP contribution in [0.25, 0.3) is 0 Å². The van der Waals surface area contributed by atoms with E-state index in [2.05, 4.69) is 18.7 Å². The zero-order valence-corrected chi connectivity index (χ0v) is 9.83. The van der Waals surface area contributed by atoms with Crippen molar-refractivity contribution in [2.75, 3.05) is 13.7 Å². The molecule has 0 aliphatic heterocycles. The van der Waals surface area contributed by atoms with Crippen molar-refractivity contribution in [3.05, 3.63) is 41.5 Å². The van der Waals surface area contributed by atoms with Gasteiger partial charge in [-0.15, -0.1) is 0 Å². The summed E-state index contributed by atoms with van der Waals surface area (Å²) >= 11 is 0. The third kappa shape index (κ3) is 1.98. The number of nitrogens with two attached hydrogens (primary N) is 1. The molecule has 1 atom stereocenters. The van der Waals surface area contributed by atoms with Gasteiger partial charge < -0.3 is 10.5 Å². The molecule has 1 aromatic carbocycles. The van der Waals surface area contributed by atoms with Crippen LogP contribution < -0.4 is 10.5 Å². The first-order valence-corrected chi connectivity index (χ1v) is 5.80. The van der Waals surface area contributed by atoms with Crippen molar-refractivity contribution < 1.29 is 4.74 Å². The Morgan fingerprint density at radius 1 is 1.44 bits per heavy atom. The van der Waals surface area contributed by atoms with E-state index in [0.29, 0.717) is 12.5 Å². The van der Waals surface area contributed by atoms with Crippen LogP contribution in [0.2, 0.25) is 0 Å². The fourth-order valence-corrected chi connectivity index (χ4v) is 2.47. The molecule has 1 aliphatic rings. The standard InChI is InChI=1S/C14H19NO/c1-10-3-4-11-5-6-12(16-2)9-14(11)13(10)7-8-15/h5-6,9,13H,1,3-4,7-8,15H2,2H3. The predicted octanol–water partition coefficient (Wildman–Crippen LogP) is 2.63. The van der Waals surface area contributed by atoms with E-state index in [1.807, 2.05) is 6.07 Å². The molecule has 1 aliphatic carbocycles. The quantitative estimate of drug-likeness (QED) is 0.790. The van der Waals surface area contributed by atoms with Crippen LogP contribution in [0.5, 0.6) is 5.75 Å². The highest BCUT2D eigenvalue weighted by molar-refractivity contribution is 5.44. The molecule has 0 heterocycles. The van der Waals surface area contributed by atoms with Crippen molar-refractivity contribution in [3.8, 4) is 5.75 Å². The number of fused-ring (bicyclic) bond motifs is 1. The first kappa shape index (κ1) is 11.2. The molecule has 0 radical (unpaired) electrons. The average molecular weight is 217 g/mol. The van der Waals surface area contributed by atoms with Crippen LogP contribution in [0.1, 0.15) is 29.9 Å². The highest BCUT2D eigenvalue weighted by atomic mass is 16.5. The molecule has 16 heavy (non-hydrogen) atoms. The van der Waals surface area contributed by atoms with Gasteiger partial charge in [-0.05, 0) is 49.1 Å². The summed E-state index contributed by atoms with van der Waals surface area (Å²) in [5, 5.41) is 0. The second kappa shape index (κ2) is 4.71. The van der Waals surface area contributed by atoms with E-state index in [-0.39, 0.29) is 0 Å². The molecular weight excluding hydrogens is 198 g/mol. The van der Waals surface area contributed by atoms with Crippen LogP contribution in [0.3, 0.4) is 0 Å². The van der Waals surface area contributed by atoms with E-state index in [1.54, 1.807) is 7.11 Å². The third-order valence-electron chi connectivity index (χ3n) is 3.39.